The van der Waals surface area contributed by atoms with Gasteiger partial charge in [0.15, 0.2) is 16.4 Å². The molecule has 0 aliphatic carbocycles. The molecule has 0 radical (unpaired) electrons. The standard InChI is InChI=1S/C19H17N5O2S.ClH/c1-13-11-16(14-7-6-10-21-12-14)24-19(22-13)17(18(20-2)23-24)27(25,26)15-8-4-3-5-9-15;/h3-12H,1-2H3,(H,20,23);1H. The van der Waals surface area contributed by atoms with E-state index in [1.54, 1.807) is 54.3 Å². The molecule has 3 heterocycles. The van der Waals surface area contributed by atoms with Gasteiger partial charge in [0, 0.05) is 30.7 Å². The van der Waals surface area contributed by atoms with Gasteiger partial charge in [0.2, 0.25) is 9.84 Å². The fourth-order valence-electron chi connectivity index (χ4n) is 2.97. The molecule has 0 aliphatic rings. The maximum atomic E-state index is 13.3. The maximum absolute atomic E-state index is 13.3. The summed E-state index contributed by atoms with van der Waals surface area (Å²) < 4.78 is 28.2. The van der Waals surface area contributed by atoms with Crippen molar-refractivity contribution in [3.8, 4) is 11.3 Å². The summed E-state index contributed by atoms with van der Waals surface area (Å²) in [6.07, 6.45) is 3.39. The number of aryl methyl sites for hydroxylation is 1. The normalized spacial score (nSPS) is 11.2. The lowest BCUT2D eigenvalue weighted by Gasteiger charge is -2.07. The Labute approximate surface area is 168 Å². The number of fused-ring (bicyclic) bond motifs is 1. The molecule has 4 rings (SSSR count). The Morgan fingerprint density at radius 2 is 1.82 bits per heavy atom. The number of aromatic nitrogens is 4. The Hall–Kier alpha value is -2.97. The van der Waals surface area contributed by atoms with Crippen molar-refractivity contribution in [3.63, 3.8) is 0 Å². The van der Waals surface area contributed by atoms with Gasteiger partial charge in [0.25, 0.3) is 0 Å². The zero-order valence-electron chi connectivity index (χ0n) is 15.2. The van der Waals surface area contributed by atoms with Crippen molar-refractivity contribution in [2.75, 3.05) is 12.4 Å². The maximum Gasteiger partial charge on any atom is 0.214 e. The topological polar surface area (TPSA) is 89.2 Å². The lowest BCUT2D eigenvalue weighted by molar-refractivity contribution is 0.597. The number of halogens is 1. The van der Waals surface area contributed by atoms with E-state index in [9.17, 15) is 8.42 Å². The van der Waals surface area contributed by atoms with Crippen LogP contribution in [0.1, 0.15) is 5.69 Å². The number of benzene rings is 1. The predicted octanol–water partition coefficient (Wildman–Crippen LogP) is 3.40. The molecule has 0 saturated heterocycles. The van der Waals surface area contributed by atoms with E-state index >= 15 is 0 Å². The summed E-state index contributed by atoms with van der Waals surface area (Å²) in [4.78, 5) is 8.89. The average Bonchev–Trinajstić information content (AvgIpc) is 3.08. The Morgan fingerprint density at radius 3 is 2.46 bits per heavy atom. The zero-order valence-corrected chi connectivity index (χ0v) is 16.8. The number of nitrogens with zero attached hydrogens (tertiary/aromatic N) is 4. The first-order valence-electron chi connectivity index (χ1n) is 8.31. The van der Waals surface area contributed by atoms with Crippen LogP contribution >= 0.6 is 12.4 Å². The van der Waals surface area contributed by atoms with Crippen molar-refractivity contribution in [2.24, 2.45) is 0 Å². The van der Waals surface area contributed by atoms with Gasteiger partial charge in [-0.05, 0) is 37.3 Å². The Balaban J connectivity index is 0.00000225. The van der Waals surface area contributed by atoms with Crippen LogP contribution < -0.4 is 5.32 Å². The molecule has 0 fully saturated rings. The van der Waals surface area contributed by atoms with Crippen LogP contribution in [-0.2, 0) is 9.84 Å². The summed E-state index contributed by atoms with van der Waals surface area (Å²) in [7, 11) is -2.16. The number of pyridine rings is 1. The Morgan fingerprint density at radius 1 is 1.07 bits per heavy atom. The lowest BCUT2D eigenvalue weighted by Crippen LogP contribution is -2.06. The van der Waals surface area contributed by atoms with E-state index in [4.69, 9.17) is 0 Å². The van der Waals surface area contributed by atoms with Crippen LogP contribution in [-0.4, -0.2) is 35.0 Å². The van der Waals surface area contributed by atoms with Gasteiger partial charge >= 0.3 is 0 Å². The van der Waals surface area contributed by atoms with E-state index in [2.05, 4.69) is 20.4 Å². The second-order valence-electron chi connectivity index (χ2n) is 6.00. The van der Waals surface area contributed by atoms with E-state index in [1.807, 2.05) is 25.1 Å². The molecule has 9 heteroatoms. The monoisotopic (exact) mass is 415 g/mol. The van der Waals surface area contributed by atoms with Crippen molar-refractivity contribution in [2.45, 2.75) is 16.7 Å². The van der Waals surface area contributed by atoms with Gasteiger partial charge in [-0.1, -0.05) is 18.2 Å². The number of anilines is 1. The summed E-state index contributed by atoms with van der Waals surface area (Å²) in [5, 5.41) is 7.37. The quantitative estimate of drug-likeness (QED) is 0.549. The van der Waals surface area contributed by atoms with Crippen LogP contribution in [0.2, 0.25) is 0 Å². The highest BCUT2D eigenvalue weighted by Gasteiger charge is 2.29. The third-order valence-electron chi connectivity index (χ3n) is 4.19. The molecule has 0 unspecified atom stereocenters. The molecule has 0 aliphatic heterocycles. The minimum absolute atomic E-state index is 0. The Bertz CT molecular complexity index is 1230. The van der Waals surface area contributed by atoms with Gasteiger partial charge in [-0.25, -0.2) is 17.9 Å². The van der Waals surface area contributed by atoms with Gasteiger partial charge in [-0.3, -0.25) is 4.98 Å². The summed E-state index contributed by atoms with van der Waals surface area (Å²) >= 11 is 0. The number of nitrogens with one attached hydrogen (secondary N) is 1. The molecule has 1 N–H and O–H groups in total. The van der Waals surface area contributed by atoms with Crippen molar-refractivity contribution in [1.82, 2.24) is 19.6 Å². The summed E-state index contributed by atoms with van der Waals surface area (Å²) in [6, 6.07) is 13.9. The number of hydrogen-bond acceptors (Lipinski definition) is 6. The second kappa shape index (κ2) is 7.57. The fraction of sp³-hybridized carbons (Fsp3) is 0.105. The molecule has 0 atom stereocenters. The molecular formula is C19H18ClN5O2S. The molecule has 144 valence electrons. The molecule has 4 aromatic rings. The molecule has 0 spiro atoms. The van der Waals surface area contributed by atoms with E-state index in [0.717, 1.165) is 11.3 Å². The van der Waals surface area contributed by atoms with E-state index in [-0.39, 0.29) is 33.7 Å². The number of hydrogen-bond donors (Lipinski definition) is 1. The van der Waals surface area contributed by atoms with E-state index in [1.165, 1.54) is 0 Å². The molecule has 28 heavy (non-hydrogen) atoms. The van der Waals surface area contributed by atoms with Crippen molar-refractivity contribution in [3.05, 3.63) is 66.6 Å². The van der Waals surface area contributed by atoms with Gasteiger partial charge in [-0.15, -0.1) is 17.5 Å². The highest BCUT2D eigenvalue weighted by atomic mass is 35.5. The van der Waals surface area contributed by atoms with Crippen LogP contribution in [0, 0.1) is 6.92 Å². The van der Waals surface area contributed by atoms with Crippen LogP contribution in [0.4, 0.5) is 5.82 Å². The van der Waals surface area contributed by atoms with Gasteiger partial charge < -0.3 is 5.32 Å². The summed E-state index contributed by atoms with van der Waals surface area (Å²) in [5.74, 6) is 0.252. The smallest absolute Gasteiger partial charge is 0.214 e. The highest BCUT2D eigenvalue weighted by Crippen LogP contribution is 2.32. The molecule has 0 saturated carbocycles. The Kier molecular flexibility index (Phi) is 5.35. The van der Waals surface area contributed by atoms with Crippen molar-refractivity contribution in [1.29, 1.82) is 0 Å². The average molecular weight is 416 g/mol. The van der Waals surface area contributed by atoms with Crippen LogP contribution in [0.3, 0.4) is 0 Å². The summed E-state index contributed by atoms with van der Waals surface area (Å²) in [6.45, 7) is 1.82. The molecule has 1 aromatic carbocycles. The van der Waals surface area contributed by atoms with Crippen molar-refractivity contribution >= 4 is 33.7 Å². The molecule has 0 amide bonds. The van der Waals surface area contributed by atoms with E-state index < -0.39 is 9.84 Å². The first-order chi connectivity index (χ1) is 13.0. The number of sulfone groups is 1. The molecular weight excluding hydrogens is 398 g/mol. The first-order valence-corrected chi connectivity index (χ1v) is 9.79. The predicted molar refractivity (Wildman–Crippen MR) is 110 cm³/mol. The minimum atomic E-state index is -3.80. The minimum Gasteiger partial charge on any atom is -0.370 e. The SMILES string of the molecule is CNc1nn2c(-c3cccnc3)cc(C)nc2c1S(=O)(=O)c1ccccc1.Cl. The largest absolute Gasteiger partial charge is 0.370 e. The van der Waals surface area contributed by atoms with Crippen molar-refractivity contribution < 1.29 is 8.42 Å². The van der Waals surface area contributed by atoms with Crippen LogP contribution in [0.15, 0.2) is 70.7 Å². The van der Waals surface area contributed by atoms with Crippen LogP contribution in [0.5, 0.6) is 0 Å². The molecule has 7 nitrogen and oxygen atoms in total. The van der Waals surface area contributed by atoms with Gasteiger partial charge in [-0.2, -0.15) is 0 Å². The van der Waals surface area contributed by atoms with Gasteiger partial charge in [0.05, 0.1) is 10.6 Å². The third-order valence-corrected chi connectivity index (χ3v) is 6.00. The third kappa shape index (κ3) is 3.21. The van der Waals surface area contributed by atoms with Crippen LogP contribution in [0.25, 0.3) is 16.9 Å². The lowest BCUT2D eigenvalue weighted by atomic mass is 10.2. The molecule has 0 bridgehead atoms. The molecule has 3 aromatic heterocycles. The fourth-order valence-corrected chi connectivity index (χ4v) is 4.49. The van der Waals surface area contributed by atoms with Gasteiger partial charge in [0.1, 0.15) is 0 Å². The second-order valence-corrected chi connectivity index (χ2v) is 7.89. The first kappa shape index (κ1) is 19.8. The highest BCUT2D eigenvalue weighted by molar-refractivity contribution is 7.91. The zero-order chi connectivity index (χ0) is 19.0. The number of rotatable bonds is 4. The summed E-state index contributed by atoms with van der Waals surface area (Å²) in [5.41, 5.74) is 2.51. The van der Waals surface area contributed by atoms with E-state index in [0.29, 0.717) is 5.69 Å².